The first-order chi connectivity index (χ1) is 3.93. The quantitative estimate of drug-likeness (QED) is 0.593. The zero-order valence-corrected chi connectivity index (χ0v) is 5.88. The van der Waals surface area contributed by atoms with Crippen LogP contribution < -0.4 is 4.52 Å². The fraction of sp³-hybridized carbons (Fsp3) is 0. The summed E-state index contributed by atoms with van der Waals surface area (Å²) in [6.45, 7) is 0. The van der Waals surface area contributed by atoms with Gasteiger partial charge in [-0.3, -0.25) is 4.57 Å². The Kier molecular flexibility index (Phi) is 2.06. The molecule has 1 atom stereocenters. The van der Waals surface area contributed by atoms with Gasteiger partial charge in [-0.15, -0.1) is 0 Å². The number of rotatable bonds is 2. The van der Waals surface area contributed by atoms with Crippen LogP contribution >= 0.6 is 20.0 Å². The van der Waals surface area contributed by atoms with Crippen molar-refractivity contribution in [1.29, 1.82) is 0 Å². The molecule has 1 rings (SSSR count). The molecule has 0 aliphatic carbocycles. The summed E-state index contributed by atoms with van der Waals surface area (Å²) in [5, 5.41) is 2.25. The molecule has 5 heteroatoms. The second kappa shape index (κ2) is 2.84. The van der Waals surface area contributed by atoms with E-state index in [1.165, 1.54) is 11.3 Å². The Labute approximate surface area is 51.6 Å². The third-order valence-electron chi connectivity index (χ3n) is 0.559. The predicted molar refractivity (Wildman–Crippen MR) is 33.1 cm³/mol. The maximum absolute atomic E-state index is 9.82. The minimum atomic E-state index is -1.15. The van der Waals surface area contributed by atoms with E-state index in [2.05, 4.69) is 9.51 Å². The van der Waals surface area contributed by atoms with Crippen LogP contribution in [0.1, 0.15) is 0 Å². The van der Waals surface area contributed by atoms with Crippen LogP contribution in [0.4, 0.5) is 0 Å². The standard InChI is InChI=1S/C3H4NO2PS/c5-7-6-3-4-1-2-8-3/h1-2H,7H2. The summed E-state index contributed by atoms with van der Waals surface area (Å²) in [5.41, 5.74) is 0. The largest absolute Gasteiger partial charge is 0.421 e. The van der Waals surface area contributed by atoms with Gasteiger partial charge in [-0.1, -0.05) is 11.3 Å². The van der Waals surface area contributed by atoms with Crippen LogP contribution in [0.5, 0.6) is 5.19 Å². The van der Waals surface area contributed by atoms with Crippen LogP contribution in [0.25, 0.3) is 0 Å². The summed E-state index contributed by atoms with van der Waals surface area (Å²) in [4.78, 5) is 3.72. The third kappa shape index (κ3) is 1.32. The van der Waals surface area contributed by atoms with Crippen LogP contribution in [0.2, 0.25) is 0 Å². The lowest BCUT2D eigenvalue weighted by molar-refractivity contribution is 0.523. The van der Waals surface area contributed by atoms with Gasteiger partial charge < -0.3 is 4.52 Å². The van der Waals surface area contributed by atoms with Gasteiger partial charge >= 0.3 is 0 Å². The molecule has 1 aromatic heterocycles. The van der Waals surface area contributed by atoms with Crippen LogP contribution in [-0.4, -0.2) is 4.98 Å². The van der Waals surface area contributed by atoms with E-state index < -0.39 is 8.69 Å². The molecule has 0 N–H and O–H groups in total. The Morgan fingerprint density at radius 1 is 1.88 bits per heavy atom. The lowest BCUT2D eigenvalue weighted by atomic mass is 11.0. The van der Waals surface area contributed by atoms with Crippen molar-refractivity contribution in [2.45, 2.75) is 0 Å². The fourth-order valence-corrected chi connectivity index (χ4v) is 1.15. The van der Waals surface area contributed by atoms with Gasteiger partial charge in [0, 0.05) is 11.6 Å². The molecule has 0 amide bonds. The molecule has 0 aromatic carbocycles. The summed E-state index contributed by atoms with van der Waals surface area (Å²) in [7, 11) is -1.15. The van der Waals surface area contributed by atoms with E-state index in [0.29, 0.717) is 5.19 Å². The van der Waals surface area contributed by atoms with Crippen molar-refractivity contribution in [3.8, 4) is 5.19 Å². The summed E-state index contributed by atoms with van der Waals surface area (Å²) in [6, 6.07) is 0. The lowest BCUT2D eigenvalue weighted by Gasteiger charge is -1.84. The highest BCUT2D eigenvalue weighted by Crippen LogP contribution is 2.16. The van der Waals surface area contributed by atoms with Crippen molar-refractivity contribution < 1.29 is 9.09 Å². The van der Waals surface area contributed by atoms with Crippen molar-refractivity contribution in [3.63, 3.8) is 0 Å². The molecule has 8 heavy (non-hydrogen) atoms. The average molecular weight is 149 g/mol. The van der Waals surface area contributed by atoms with E-state index >= 15 is 0 Å². The molecular formula is C3H4NO2PS. The monoisotopic (exact) mass is 149 g/mol. The summed E-state index contributed by atoms with van der Waals surface area (Å²) in [5.74, 6) is 0. The molecule has 0 saturated heterocycles. The molecule has 1 aromatic rings. The molecule has 1 unspecified atom stereocenters. The Balaban J connectivity index is 2.62. The molecule has 0 saturated carbocycles. The van der Waals surface area contributed by atoms with Gasteiger partial charge in [-0.25, -0.2) is 4.98 Å². The molecule has 0 radical (unpaired) electrons. The molecular weight excluding hydrogens is 145 g/mol. The van der Waals surface area contributed by atoms with E-state index in [-0.39, 0.29) is 0 Å². The second-order valence-electron chi connectivity index (χ2n) is 1.01. The SMILES string of the molecule is O=[PH2]Oc1nccs1. The minimum Gasteiger partial charge on any atom is -0.421 e. The highest BCUT2D eigenvalue weighted by atomic mass is 32.1. The Bertz CT molecular complexity index is 164. The maximum Gasteiger partial charge on any atom is 0.277 e. The highest BCUT2D eigenvalue weighted by molar-refractivity contribution is 7.19. The first-order valence-corrected chi connectivity index (χ1v) is 3.75. The van der Waals surface area contributed by atoms with E-state index in [1.54, 1.807) is 11.6 Å². The van der Waals surface area contributed by atoms with E-state index in [4.69, 9.17) is 0 Å². The first-order valence-electron chi connectivity index (χ1n) is 1.93. The van der Waals surface area contributed by atoms with Gasteiger partial charge in [-0.2, -0.15) is 0 Å². The van der Waals surface area contributed by atoms with Gasteiger partial charge in [0.2, 0.25) is 8.69 Å². The molecule has 0 spiro atoms. The van der Waals surface area contributed by atoms with Gasteiger partial charge in [-0.05, 0) is 0 Å². The normalized spacial score (nSPS) is 10.5. The molecule has 1 heterocycles. The van der Waals surface area contributed by atoms with Crippen molar-refractivity contribution in [2.24, 2.45) is 0 Å². The average Bonchev–Trinajstić information content (AvgIpc) is 2.19. The van der Waals surface area contributed by atoms with Crippen molar-refractivity contribution in [3.05, 3.63) is 11.6 Å². The number of aromatic nitrogens is 1. The van der Waals surface area contributed by atoms with E-state index in [0.717, 1.165) is 0 Å². The van der Waals surface area contributed by atoms with Gasteiger partial charge in [0.1, 0.15) is 0 Å². The molecule has 44 valence electrons. The fourth-order valence-electron chi connectivity index (χ4n) is 0.310. The number of hydrogen-bond donors (Lipinski definition) is 0. The van der Waals surface area contributed by atoms with Crippen molar-refractivity contribution >= 4 is 20.0 Å². The second-order valence-corrected chi connectivity index (χ2v) is 2.30. The van der Waals surface area contributed by atoms with Crippen LogP contribution in [0.15, 0.2) is 11.6 Å². The number of hydrogen-bond acceptors (Lipinski definition) is 4. The highest BCUT2D eigenvalue weighted by Gasteiger charge is 1.88. The van der Waals surface area contributed by atoms with Gasteiger partial charge in [0.25, 0.3) is 5.19 Å². The zero-order valence-electron chi connectivity index (χ0n) is 3.90. The Morgan fingerprint density at radius 2 is 2.75 bits per heavy atom. The first kappa shape index (κ1) is 5.79. The van der Waals surface area contributed by atoms with Crippen LogP contribution in [0.3, 0.4) is 0 Å². The van der Waals surface area contributed by atoms with Crippen LogP contribution in [-0.2, 0) is 4.57 Å². The van der Waals surface area contributed by atoms with Gasteiger partial charge in [0.15, 0.2) is 0 Å². The minimum absolute atomic E-state index is 0.481. The van der Waals surface area contributed by atoms with Crippen LogP contribution in [0, 0.1) is 0 Å². The van der Waals surface area contributed by atoms with E-state index in [1.807, 2.05) is 0 Å². The third-order valence-corrected chi connectivity index (χ3v) is 1.71. The van der Waals surface area contributed by atoms with E-state index in [9.17, 15) is 4.57 Å². The summed E-state index contributed by atoms with van der Waals surface area (Å²) < 4.78 is 14.4. The molecule has 0 fully saturated rings. The Morgan fingerprint density at radius 3 is 3.25 bits per heavy atom. The zero-order chi connectivity index (χ0) is 5.82. The Hall–Kier alpha value is -0.340. The predicted octanol–water partition coefficient (Wildman–Crippen LogP) is 1.19. The van der Waals surface area contributed by atoms with Gasteiger partial charge in [0.05, 0.1) is 0 Å². The maximum atomic E-state index is 9.82. The molecule has 3 nitrogen and oxygen atoms in total. The molecule has 0 bridgehead atoms. The topological polar surface area (TPSA) is 39.2 Å². The summed E-state index contributed by atoms with van der Waals surface area (Å²) >= 11 is 1.34. The lowest BCUT2D eigenvalue weighted by Crippen LogP contribution is -1.67. The van der Waals surface area contributed by atoms with Crippen molar-refractivity contribution in [1.82, 2.24) is 4.98 Å². The number of nitrogens with zero attached hydrogens (tertiary/aromatic N) is 1. The molecule has 0 aliphatic rings. The molecule has 0 aliphatic heterocycles. The summed E-state index contributed by atoms with van der Waals surface area (Å²) in [6.07, 6.45) is 1.61. The smallest absolute Gasteiger partial charge is 0.277 e. The van der Waals surface area contributed by atoms with Crippen molar-refractivity contribution in [2.75, 3.05) is 0 Å². The number of thiazole rings is 1.